The molecule has 2 fully saturated rings. The predicted molar refractivity (Wildman–Crippen MR) is 139 cm³/mol. The molecule has 5 heteroatoms. The number of carbonyl (C=O) groups is 1. The summed E-state index contributed by atoms with van der Waals surface area (Å²) in [4.78, 5) is 19.4. The zero-order valence-corrected chi connectivity index (χ0v) is 20.4. The zero-order chi connectivity index (χ0) is 24.4. The lowest BCUT2D eigenvalue weighted by atomic mass is 9.97. The second-order valence-electron chi connectivity index (χ2n) is 10.4. The number of amides is 1. The van der Waals surface area contributed by atoms with Crippen molar-refractivity contribution in [1.29, 1.82) is 0 Å². The molecular weight excluding hydrogens is 437 g/mol. The van der Waals surface area contributed by atoms with Crippen molar-refractivity contribution in [2.45, 2.75) is 63.3 Å². The third-order valence-electron chi connectivity index (χ3n) is 7.63. The molecule has 3 aromatic rings. The molecule has 2 atom stereocenters. The Morgan fingerprint density at radius 3 is 2.29 bits per heavy atom. The first kappa shape index (κ1) is 23.7. The number of benzene rings is 2. The zero-order valence-electron chi connectivity index (χ0n) is 20.4. The highest BCUT2D eigenvalue weighted by Gasteiger charge is 2.47. The minimum Gasteiger partial charge on any atom is -0.324 e. The van der Waals surface area contributed by atoms with Crippen molar-refractivity contribution < 1.29 is 9.18 Å². The van der Waals surface area contributed by atoms with E-state index in [4.69, 9.17) is 5.73 Å². The van der Waals surface area contributed by atoms with Crippen LogP contribution in [0.1, 0.15) is 62.5 Å². The Bertz CT molecular complexity index is 1150. The Morgan fingerprint density at radius 1 is 1.03 bits per heavy atom. The average molecular weight is 472 g/mol. The fourth-order valence-electron chi connectivity index (χ4n) is 5.48. The van der Waals surface area contributed by atoms with Crippen molar-refractivity contribution >= 4 is 11.6 Å². The second-order valence-corrected chi connectivity index (χ2v) is 10.4. The summed E-state index contributed by atoms with van der Waals surface area (Å²) in [6, 6.07) is 20.1. The molecule has 182 valence electrons. The van der Waals surface area contributed by atoms with Gasteiger partial charge in [0.2, 0.25) is 11.9 Å². The first-order valence-corrected chi connectivity index (χ1v) is 12.9. The van der Waals surface area contributed by atoms with Crippen molar-refractivity contribution in [1.82, 2.24) is 4.98 Å². The Labute approximate surface area is 207 Å². The van der Waals surface area contributed by atoms with Gasteiger partial charge >= 0.3 is 0 Å². The number of rotatable bonds is 8. The summed E-state index contributed by atoms with van der Waals surface area (Å²) < 4.78 is 13.3. The Morgan fingerprint density at radius 2 is 1.69 bits per heavy atom. The van der Waals surface area contributed by atoms with E-state index in [9.17, 15) is 9.18 Å². The van der Waals surface area contributed by atoms with Crippen molar-refractivity contribution in [3.63, 3.8) is 0 Å². The summed E-state index contributed by atoms with van der Waals surface area (Å²) in [6.07, 6.45) is 8.65. The number of aromatic nitrogens is 1. The molecule has 0 spiro atoms. The molecule has 1 aromatic heterocycles. The van der Waals surface area contributed by atoms with E-state index >= 15 is 0 Å². The van der Waals surface area contributed by atoms with Gasteiger partial charge in [-0.3, -0.25) is 4.79 Å². The number of halogens is 1. The highest BCUT2D eigenvalue weighted by molar-refractivity contribution is 5.98. The van der Waals surface area contributed by atoms with Crippen LogP contribution in [0.5, 0.6) is 0 Å². The molecule has 35 heavy (non-hydrogen) atoms. The summed E-state index contributed by atoms with van der Waals surface area (Å²) in [6.45, 7) is 2.72. The van der Waals surface area contributed by atoms with Crippen LogP contribution in [0.15, 0.2) is 66.9 Å². The van der Waals surface area contributed by atoms with Crippen molar-refractivity contribution in [3.05, 3.63) is 83.9 Å². The normalized spacial score (nSPS) is 20.5. The highest BCUT2D eigenvalue weighted by atomic mass is 19.1. The minimum absolute atomic E-state index is 0.0938. The topological polar surface area (TPSA) is 59.2 Å². The monoisotopic (exact) mass is 471 g/mol. The number of hydrogen-bond donors (Lipinski definition) is 1. The van der Waals surface area contributed by atoms with Gasteiger partial charge in [-0.15, -0.1) is 0 Å². The largest absolute Gasteiger partial charge is 0.324 e. The smallest absolute Gasteiger partial charge is 0.230 e. The van der Waals surface area contributed by atoms with Crippen molar-refractivity contribution in [2.75, 3.05) is 11.4 Å². The third kappa shape index (κ3) is 5.30. The highest BCUT2D eigenvalue weighted by Crippen LogP contribution is 2.49. The van der Waals surface area contributed by atoms with Crippen LogP contribution in [0.2, 0.25) is 0 Å². The Balaban J connectivity index is 1.37. The molecule has 1 heterocycles. The van der Waals surface area contributed by atoms with Crippen LogP contribution in [0.4, 0.5) is 10.1 Å². The first-order valence-electron chi connectivity index (χ1n) is 12.9. The molecule has 0 bridgehead atoms. The van der Waals surface area contributed by atoms with Gasteiger partial charge in [0.05, 0.1) is 0 Å². The number of nitrogens with zero attached hydrogens (tertiary/aromatic N) is 2. The van der Waals surface area contributed by atoms with Crippen LogP contribution < -0.4 is 10.6 Å². The molecule has 4 nitrogen and oxygen atoms in total. The van der Waals surface area contributed by atoms with Gasteiger partial charge in [-0.1, -0.05) is 68.7 Å². The molecule has 5 rings (SSSR count). The van der Waals surface area contributed by atoms with E-state index in [2.05, 4.69) is 48.3 Å². The molecule has 2 aliphatic rings. The van der Waals surface area contributed by atoms with Crippen molar-refractivity contribution in [2.24, 2.45) is 11.7 Å². The molecule has 2 N–H and O–H groups in total. The summed E-state index contributed by atoms with van der Waals surface area (Å²) in [5.41, 5.74) is 11.9. The first-order chi connectivity index (χ1) is 17.0. The SMILES string of the molecule is CCCc1ccc(-c2ccc(N(CC3(N)CCCC3)C(=O)C3CC3c3ccc(F)nc3)cc2)cc1. The summed E-state index contributed by atoms with van der Waals surface area (Å²) >= 11 is 0. The van der Waals surface area contributed by atoms with Gasteiger partial charge < -0.3 is 10.6 Å². The number of carbonyl (C=O) groups excluding carboxylic acids is 1. The molecular formula is C30H34FN3O. The standard InChI is InChI=1S/C30H34FN3O/c1-2-5-21-6-8-22(9-7-21)23-10-13-25(14-11-23)34(20-30(32)16-3-4-17-30)29(35)27-18-26(27)24-12-15-28(31)33-19-24/h6-15,19,26-27H,2-5,16-18,20,32H2,1H3. The van der Waals surface area contributed by atoms with E-state index in [0.717, 1.165) is 61.8 Å². The molecule has 0 radical (unpaired) electrons. The lowest BCUT2D eigenvalue weighted by molar-refractivity contribution is -0.120. The number of aryl methyl sites for hydroxylation is 1. The minimum atomic E-state index is -0.495. The third-order valence-corrected chi connectivity index (χ3v) is 7.63. The van der Waals surface area contributed by atoms with E-state index < -0.39 is 5.95 Å². The quantitative estimate of drug-likeness (QED) is 0.395. The van der Waals surface area contributed by atoms with Crippen LogP contribution >= 0.6 is 0 Å². The molecule has 2 aliphatic carbocycles. The van der Waals surface area contributed by atoms with E-state index in [0.29, 0.717) is 6.54 Å². The molecule has 1 amide bonds. The van der Waals surface area contributed by atoms with Gasteiger partial charge in [-0.05, 0) is 72.1 Å². The van der Waals surface area contributed by atoms with Gasteiger partial charge in [-0.25, -0.2) is 4.98 Å². The summed E-state index contributed by atoms with van der Waals surface area (Å²) in [5, 5.41) is 0. The van der Waals surface area contributed by atoms with Crippen LogP contribution in [-0.4, -0.2) is 23.0 Å². The predicted octanol–water partition coefficient (Wildman–Crippen LogP) is 6.25. The number of hydrogen-bond acceptors (Lipinski definition) is 3. The lowest BCUT2D eigenvalue weighted by Gasteiger charge is -2.33. The van der Waals surface area contributed by atoms with Gasteiger partial charge in [0.15, 0.2) is 0 Å². The summed E-state index contributed by atoms with van der Waals surface area (Å²) in [5.74, 6) is -0.410. The summed E-state index contributed by atoms with van der Waals surface area (Å²) in [7, 11) is 0. The maximum absolute atomic E-state index is 13.7. The van der Waals surface area contributed by atoms with Crippen LogP contribution in [0.25, 0.3) is 11.1 Å². The average Bonchev–Trinajstić information content (AvgIpc) is 3.56. The van der Waals surface area contributed by atoms with E-state index in [-0.39, 0.29) is 23.3 Å². The van der Waals surface area contributed by atoms with Crippen LogP contribution in [0.3, 0.4) is 0 Å². The second kappa shape index (κ2) is 9.90. The van der Waals surface area contributed by atoms with Crippen LogP contribution in [0, 0.1) is 11.9 Å². The van der Waals surface area contributed by atoms with Crippen LogP contribution in [-0.2, 0) is 11.2 Å². The van der Waals surface area contributed by atoms with Gasteiger partial charge in [0.25, 0.3) is 0 Å². The van der Waals surface area contributed by atoms with Gasteiger partial charge in [0.1, 0.15) is 0 Å². The maximum atomic E-state index is 13.7. The fraction of sp³-hybridized carbons (Fsp3) is 0.400. The molecule has 2 unspecified atom stereocenters. The Kier molecular flexibility index (Phi) is 6.70. The molecule has 0 saturated heterocycles. The lowest BCUT2D eigenvalue weighted by Crippen LogP contribution is -2.50. The van der Waals surface area contributed by atoms with Gasteiger partial charge in [-0.2, -0.15) is 4.39 Å². The number of nitrogens with two attached hydrogens (primary N) is 1. The van der Waals surface area contributed by atoms with E-state index in [1.54, 1.807) is 12.3 Å². The van der Waals surface area contributed by atoms with Gasteiger partial charge in [0, 0.05) is 29.9 Å². The van der Waals surface area contributed by atoms with E-state index in [1.807, 2.05) is 17.0 Å². The van der Waals surface area contributed by atoms with Crippen molar-refractivity contribution in [3.8, 4) is 11.1 Å². The van der Waals surface area contributed by atoms with E-state index in [1.165, 1.54) is 17.2 Å². The Hall–Kier alpha value is -3.05. The maximum Gasteiger partial charge on any atom is 0.230 e. The molecule has 2 saturated carbocycles. The molecule has 0 aliphatic heterocycles. The fourth-order valence-corrected chi connectivity index (χ4v) is 5.48. The number of pyridine rings is 1. The number of anilines is 1. The molecule has 2 aromatic carbocycles.